The molecule has 0 amide bonds. The van der Waals surface area contributed by atoms with Crippen molar-refractivity contribution in [2.75, 3.05) is 0 Å². The van der Waals surface area contributed by atoms with Crippen LogP contribution >= 0.6 is 0 Å². The quantitative estimate of drug-likeness (QED) is 0.909. The number of nitrogens with zero attached hydrogens (tertiary/aromatic N) is 3. The number of aryl methyl sites for hydroxylation is 1. The number of carbonyl (C=O) groups is 1. The Kier molecular flexibility index (Phi) is 3.01. The molecular formula is C11H8F3N3O2. The van der Waals surface area contributed by atoms with Crippen molar-refractivity contribution < 1.29 is 23.1 Å². The van der Waals surface area contributed by atoms with E-state index in [9.17, 15) is 18.0 Å². The lowest BCUT2D eigenvalue weighted by Crippen LogP contribution is -2.09. The van der Waals surface area contributed by atoms with Gasteiger partial charge < -0.3 is 5.11 Å². The third kappa shape index (κ3) is 2.56. The van der Waals surface area contributed by atoms with Gasteiger partial charge in [-0.1, -0.05) is 0 Å². The average molecular weight is 271 g/mol. The van der Waals surface area contributed by atoms with E-state index < -0.39 is 23.3 Å². The van der Waals surface area contributed by atoms with E-state index in [1.807, 2.05) is 0 Å². The Bertz CT molecular complexity index is 617. The molecule has 2 rings (SSSR count). The maximum atomic E-state index is 12.7. The summed E-state index contributed by atoms with van der Waals surface area (Å²) in [5.74, 6) is -1.68. The number of carboxylic acid groups (broad SMARTS) is 1. The van der Waals surface area contributed by atoms with Gasteiger partial charge in [-0.3, -0.25) is 4.57 Å². The van der Waals surface area contributed by atoms with Gasteiger partial charge in [0, 0.05) is 24.8 Å². The van der Waals surface area contributed by atoms with Crippen LogP contribution in [0.1, 0.15) is 21.5 Å². The molecule has 2 aromatic rings. The summed E-state index contributed by atoms with van der Waals surface area (Å²) >= 11 is 0. The number of halogens is 3. The summed E-state index contributed by atoms with van der Waals surface area (Å²) in [6, 6.07) is 0. The lowest BCUT2D eigenvalue weighted by molar-refractivity contribution is -0.138. The molecule has 0 aliphatic heterocycles. The summed E-state index contributed by atoms with van der Waals surface area (Å²) in [5.41, 5.74) is -1.33. The number of rotatable bonds is 2. The van der Waals surface area contributed by atoms with E-state index in [-0.39, 0.29) is 5.95 Å². The van der Waals surface area contributed by atoms with Gasteiger partial charge in [-0.25, -0.2) is 14.8 Å². The highest BCUT2D eigenvalue weighted by Gasteiger charge is 2.37. The van der Waals surface area contributed by atoms with E-state index in [1.54, 1.807) is 6.92 Å². The molecule has 2 aromatic heterocycles. The Balaban J connectivity index is 2.55. The molecule has 0 bridgehead atoms. The highest BCUT2D eigenvalue weighted by molar-refractivity contribution is 5.89. The van der Waals surface area contributed by atoms with E-state index in [1.165, 1.54) is 12.4 Å². The van der Waals surface area contributed by atoms with Gasteiger partial charge in [-0.2, -0.15) is 13.2 Å². The van der Waals surface area contributed by atoms with Crippen LogP contribution in [0.5, 0.6) is 0 Å². The number of hydrogen-bond acceptors (Lipinski definition) is 3. The maximum absolute atomic E-state index is 12.7. The van der Waals surface area contributed by atoms with Crippen LogP contribution in [0.25, 0.3) is 5.95 Å². The molecule has 0 atom stereocenters. The minimum atomic E-state index is -4.75. The molecule has 0 saturated heterocycles. The van der Waals surface area contributed by atoms with Crippen molar-refractivity contribution in [2.24, 2.45) is 0 Å². The molecule has 0 fully saturated rings. The lowest BCUT2D eigenvalue weighted by atomic mass is 10.2. The van der Waals surface area contributed by atoms with Gasteiger partial charge in [0.25, 0.3) is 0 Å². The zero-order chi connectivity index (χ0) is 14.2. The summed E-state index contributed by atoms with van der Waals surface area (Å²) < 4.78 is 39.0. The van der Waals surface area contributed by atoms with E-state index >= 15 is 0 Å². The zero-order valence-corrected chi connectivity index (χ0v) is 9.64. The molecule has 5 nitrogen and oxygen atoms in total. The van der Waals surface area contributed by atoms with Crippen molar-refractivity contribution in [1.82, 2.24) is 14.5 Å². The van der Waals surface area contributed by atoms with Crippen molar-refractivity contribution in [3.8, 4) is 5.95 Å². The van der Waals surface area contributed by atoms with Crippen molar-refractivity contribution in [3.05, 3.63) is 41.5 Å². The number of aromatic nitrogens is 3. The maximum Gasteiger partial charge on any atom is 0.418 e. The third-order valence-electron chi connectivity index (χ3n) is 2.36. The SMILES string of the molecule is Cc1cnc(-n2cc(C(=O)O)c(C(F)(F)F)c2)nc1. The Morgan fingerprint density at radius 3 is 2.26 bits per heavy atom. The van der Waals surface area contributed by atoms with Gasteiger partial charge >= 0.3 is 12.1 Å². The molecule has 2 heterocycles. The number of carboxylic acids is 1. The van der Waals surface area contributed by atoms with Crippen molar-refractivity contribution in [2.45, 2.75) is 13.1 Å². The van der Waals surface area contributed by atoms with Crippen molar-refractivity contribution in [3.63, 3.8) is 0 Å². The van der Waals surface area contributed by atoms with Gasteiger partial charge in [0.1, 0.15) is 0 Å². The molecule has 0 unspecified atom stereocenters. The second kappa shape index (κ2) is 4.38. The minimum absolute atomic E-state index is 0.0244. The van der Waals surface area contributed by atoms with Gasteiger partial charge in [0.15, 0.2) is 0 Å². The first-order valence-electron chi connectivity index (χ1n) is 5.10. The molecule has 0 radical (unpaired) electrons. The predicted molar refractivity (Wildman–Crippen MR) is 58.1 cm³/mol. The Morgan fingerprint density at radius 2 is 1.84 bits per heavy atom. The first kappa shape index (κ1) is 13.1. The molecule has 0 aliphatic rings. The molecular weight excluding hydrogens is 263 g/mol. The van der Waals surface area contributed by atoms with Crippen LogP contribution in [0.4, 0.5) is 13.2 Å². The van der Waals surface area contributed by atoms with E-state index in [4.69, 9.17) is 5.11 Å². The largest absolute Gasteiger partial charge is 0.478 e. The summed E-state index contributed by atoms with van der Waals surface area (Å²) in [6.45, 7) is 1.73. The summed E-state index contributed by atoms with van der Waals surface area (Å²) in [6.07, 6.45) is -0.389. The van der Waals surface area contributed by atoms with Crippen molar-refractivity contribution in [1.29, 1.82) is 0 Å². The first-order chi connectivity index (χ1) is 8.79. The fourth-order valence-electron chi connectivity index (χ4n) is 1.49. The number of alkyl halides is 3. The molecule has 8 heteroatoms. The van der Waals surface area contributed by atoms with E-state index in [2.05, 4.69) is 9.97 Å². The van der Waals surface area contributed by atoms with Gasteiger partial charge in [0.05, 0.1) is 11.1 Å². The Labute approximate surface area is 105 Å². The van der Waals surface area contributed by atoms with Gasteiger partial charge in [0.2, 0.25) is 5.95 Å². The number of hydrogen-bond donors (Lipinski definition) is 1. The standard InChI is InChI=1S/C11H8F3N3O2/c1-6-2-15-10(16-3-6)17-4-7(9(18)19)8(5-17)11(12,13)14/h2-5H,1H3,(H,18,19). The summed E-state index contributed by atoms with van der Waals surface area (Å²) in [5, 5.41) is 8.78. The first-order valence-corrected chi connectivity index (χ1v) is 5.10. The molecule has 1 N–H and O–H groups in total. The molecule has 0 spiro atoms. The van der Waals surface area contributed by atoms with Crippen LogP contribution in [0.15, 0.2) is 24.8 Å². The molecule has 19 heavy (non-hydrogen) atoms. The lowest BCUT2D eigenvalue weighted by Gasteiger charge is -2.04. The number of aromatic carboxylic acids is 1. The van der Waals surface area contributed by atoms with Gasteiger partial charge in [-0.15, -0.1) is 0 Å². The Morgan fingerprint density at radius 1 is 1.26 bits per heavy atom. The van der Waals surface area contributed by atoms with Crippen LogP contribution in [-0.4, -0.2) is 25.6 Å². The highest BCUT2D eigenvalue weighted by Crippen LogP contribution is 2.33. The zero-order valence-electron chi connectivity index (χ0n) is 9.64. The third-order valence-corrected chi connectivity index (χ3v) is 2.36. The molecule has 0 aliphatic carbocycles. The second-order valence-corrected chi connectivity index (χ2v) is 3.86. The minimum Gasteiger partial charge on any atom is -0.478 e. The van der Waals surface area contributed by atoms with Crippen molar-refractivity contribution >= 4 is 5.97 Å². The van der Waals surface area contributed by atoms with Crippen LogP contribution in [0, 0.1) is 6.92 Å². The monoisotopic (exact) mass is 271 g/mol. The smallest absolute Gasteiger partial charge is 0.418 e. The topological polar surface area (TPSA) is 68.0 Å². The van der Waals surface area contributed by atoms with Crippen LogP contribution in [0.3, 0.4) is 0 Å². The van der Waals surface area contributed by atoms with Crippen LogP contribution < -0.4 is 0 Å². The molecule has 100 valence electrons. The van der Waals surface area contributed by atoms with Gasteiger partial charge in [-0.05, 0) is 12.5 Å². The Hall–Kier alpha value is -2.38. The summed E-state index contributed by atoms with van der Waals surface area (Å²) in [4.78, 5) is 18.5. The average Bonchev–Trinajstić information content (AvgIpc) is 2.74. The summed E-state index contributed by atoms with van der Waals surface area (Å²) in [7, 11) is 0. The van der Waals surface area contributed by atoms with Crippen LogP contribution in [0.2, 0.25) is 0 Å². The predicted octanol–water partition coefficient (Wildman–Crippen LogP) is 2.29. The van der Waals surface area contributed by atoms with E-state index in [0.717, 1.165) is 16.3 Å². The molecule has 0 saturated carbocycles. The second-order valence-electron chi connectivity index (χ2n) is 3.86. The normalized spacial score (nSPS) is 11.6. The molecule has 0 aromatic carbocycles. The fourth-order valence-corrected chi connectivity index (χ4v) is 1.49. The van der Waals surface area contributed by atoms with E-state index in [0.29, 0.717) is 6.20 Å². The fraction of sp³-hybridized carbons (Fsp3) is 0.182. The highest BCUT2D eigenvalue weighted by atomic mass is 19.4. The van der Waals surface area contributed by atoms with Crippen LogP contribution in [-0.2, 0) is 6.18 Å².